The number of benzene rings is 2. The van der Waals surface area contributed by atoms with Crippen LogP contribution in [0.1, 0.15) is 30.9 Å². The van der Waals surface area contributed by atoms with Crippen molar-refractivity contribution < 1.29 is 22.7 Å². The fourth-order valence-corrected chi connectivity index (χ4v) is 5.52. The SMILES string of the molecule is CCOC(=O)C1(CS(=O)(=O)c2ccc(Oc3ccc(C)c(C)c3)cc2)CCNCC1. The summed E-state index contributed by atoms with van der Waals surface area (Å²) >= 11 is 0. The number of carbonyl (C=O) groups is 1. The highest BCUT2D eigenvalue weighted by Gasteiger charge is 2.45. The van der Waals surface area contributed by atoms with E-state index in [1.54, 1.807) is 19.1 Å². The molecule has 0 amide bonds. The van der Waals surface area contributed by atoms with Crippen molar-refractivity contribution >= 4 is 15.8 Å². The van der Waals surface area contributed by atoms with Crippen LogP contribution in [0.15, 0.2) is 47.4 Å². The average Bonchev–Trinajstić information content (AvgIpc) is 2.72. The fraction of sp³-hybridized carbons (Fsp3) is 0.435. The molecule has 0 saturated carbocycles. The molecule has 0 unspecified atom stereocenters. The molecular weight excluding hydrogens is 402 g/mol. The van der Waals surface area contributed by atoms with Crippen LogP contribution in [0, 0.1) is 19.3 Å². The van der Waals surface area contributed by atoms with Gasteiger partial charge in [0.25, 0.3) is 0 Å². The molecule has 2 aromatic carbocycles. The van der Waals surface area contributed by atoms with E-state index < -0.39 is 21.2 Å². The molecule has 1 aliphatic rings. The van der Waals surface area contributed by atoms with Crippen LogP contribution in [0.2, 0.25) is 0 Å². The Hall–Kier alpha value is -2.38. The van der Waals surface area contributed by atoms with Gasteiger partial charge in [-0.2, -0.15) is 0 Å². The molecule has 1 heterocycles. The number of nitrogens with one attached hydrogen (secondary N) is 1. The molecule has 0 aliphatic carbocycles. The maximum absolute atomic E-state index is 13.1. The van der Waals surface area contributed by atoms with Gasteiger partial charge >= 0.3 is 5.97 Å². The lowest BCUT2D eigenvalue weighted by molar-refractivity contribution is -0.155. The molecule has 1 aliphatic heterocycles. The van der Waals surface area contributed by atoms with Gasteiger partial charge in [0.05, 0.1) is 22.7 Å². The molecule has 1 N–H and O–H groups in total. The zero-order valence-electron chi connectivity index (χ0n) is 17.7. The van der Waals surface area contributed by atoms with Gasteiger partial charge in [-0.15, -0.1) is 0 Å². The first-order valence-electron chi connectivity index (χ1n) is 10.2. The first kappa shape index (κ1) is 22.3. The zero-order chi connectivity index (χ0) is 21.8. The summed E-state index contributed by atoms with van der Waals surface area (Å²) in [4.78, 5) is 12.8. The van der Waals surface area contributed by atoms with E-state index in [0.717, 1.165) is 5.56 Å². The minimum Gasteiger partial charge on any atom is -0.466 e. The van der Waals surface area contributed by atoms with Gasteiger partial charge in [-0.3, -0.25) is 4.79 Å². The van der Waals surface area contributed by atoms with E-state index in [4.69, 9.17) is 9.47 Å². The molecule has 0 spiro atoms. The molecule has 0 bridgehead atoms. The third-order valence-electron chi connectivity index (χ3n) is 5.63. The highest BCUT2D eigenvalue weighted by atomic mass is 32.2. The monoisotopic (exact) mass is 431 g/mol. The first-order valence-corrected chi connectivity index (χ1v) is 11.9. The van der Waals surface area contributed by atoms with E-state index in [9.17, 15) is 13.2 Å². The van der Waals surface area contributed by atoms with Crippen molar-refractivity contribution in [2.45, 2.75) is 38.5 Å². The second kappa shape index (κ2) is 9.18. The van der Waals surface area contributed by atoms with Crippen LogP contribution >= 0.6 is 0 Å². The summed E-state index contributed by atoms with van der Waals surface area (Å²) in [6.45, 7) is 7.20. The lowest BCUT2D eigenvalue weighted by Crippen LogP contribution is -2.47. The molecule has 0 aromatic heterocycles. The van der Waals surface area contributed by atoms with E-state index in [-0.39, 0.29) is 17.3 Å². The van der Waals surface area contributed by atoms with Crippen molar-refractivity contribution in [3.05, 3.63) is 53.6 Å². The van der Waals surface area contributed by atoms with E-state index in [0.29, 0.717) is 37.4 Å². The second-order valence-electron chi connectivity index (χ2n) is 7.83. The van der Waals surface area contributed by atoms with E-state index >= 15 is 0 Å². The maximum atomic E-state index is 13.1. The molecule has 0 radical (unpaired) electrons. The van der Waals surface area contributed by atoms with Crippen LogP contribution in [0.25, 0.3) is 0 Å². The standard InChI is InChI=1S/C23H29NO5S/c1-4-28-22(25)23(11-13-24-14-12-23)16-30(26,27)21-9-7-19(8-10-21)29-20-6-5-17(2)18(3)15-20/h5-10,15,24H,4,11-14,16H2,1-3H3. The smallest absolute Gasteiger partial charge is 0.313 e. The summed E-state index contributed by atoms with van der Waals surface area (Å²) < 4.78 is 37.3. The third kappa shape index (κ3) is 5.02. The molecule has 30 heavy (non-hydrogen) atoms. The van der Waals surface area contributed by atoms with Crippen molar-refractivity contribution in [3.63, 3.8) is 0 Å². The summed E-state index contributed by atoms with van der Waals surface area (Å²) in [5.41, 5.74) is 1.30. The van der Waals surface area contributed by atoms with Crippen molar-refractivity contribution in [2.24, 2.45) is 5.41 Å². The molecule has 6 nitrogen and oxygen atoms in total. The molecule has 162 valence electrons. The van der Waals surface area contributed by atoms with Crippen LogP contribution < -0.4 is 10.1 Å². The van der Waals surface area contributed by atoms with Crippen molar-refractivity contribution in [2.75, 3.05) is 25.4 Å². The summed E-state index contributed by atoms with van der Waals surface area (Å²) in [6, 6.07) is 12.2. The maximum Gasteiger partial charge on any atom is 0.313 e. The van der Waals surface area contributed by atoms with Gasteiger partial charge in [0.1, 0.15) is 11.5 Å². The van der Waals surface area contributed by atoms with Crippen LogP contribution in [-0.4, -0.2) is 39.8 Å². The quantitative estimate of drug-likeness (QED) is 0.672. The van der Waals surface area contributed by atoms with Crippen LogP contribution in [0.3, 0.4) is 0 Å². The minimum atomic E-state index is -3.67. The van der Waals surface area contributed by atoms with Crippen LogP contribution in [0.5, 0.6) is 11.5 Å². The second-order valence-corrected chi connectivity index (χ2v) is 9.82. The largest absolute Gasteiger partial charge is 0.466 e. The van der Waals surface area contributed by atoms with Crippen molar-refractivity contribution in [1.29, 1.82) is 0 Å². The Balaban J connectivity index is 1.78. The van der Waals surface area contributed by atoms with Gasteiger partial charge in [-0.05, 0) is 94.2 Å². The predicted octanol–water partition coefficient (Wildman–Crippen LogP) is 3.80. The highest BCUT2D eigenvalue weighted by molar-refractivity contribution is 7.91. The minimum absolute atomic E-state index is 0.178. The number of hydrogen-bond donors (Lipinski definition) is 1. The van der Waals surface area contributed by atoms with Crippen LogP contribution in [0.4, 0.5) is 0 Å². The lowest BCUT2D eigenvalue weighted by Gasteiger charge is -2.34. The summed E-state index contributed by atoms with van der Waals surface area (Å²) in [6.07, 6.45) is 0.887. The number of ether oxygens (including phenoxy) is 2. The van der Waals surface area contributed by atoms with Gasteiger partial charge in [0.2, 0.25) is 0 Å². The number of aryl methyl sites for hydroxylation is 2. The number of hydrogen-bond acceptors (Lipinski definition) is 6. The number of esters is 1. The van der Waals surface area contributed by atoms with Gasteiger partial charge < -0.3 is 14.8 Å². The van der Waals surface area contributed by atoms with Crippen molar-refractivity contribution in [3.8, 4) is 11.5 Å². The zero-order valence-corrected chi connectivity index (χ0v) is 18.6. The Morgan fingerprint density at radius 1 is 1.00 bits per heavy atom. The fourth-order valence-electron chi connectivity index (χ4n) is 3.67. The van der Waals surface area contributed by atoms with Gasteiger partial charge in [-0.25, -0.2) is 8.42 Å². The molecular formula is C23H29NO5S. The molecule has 2 aromatic rings. The first-order chi connectivity index (χ1) is 14.3. The Labute approximate surface area is 178 Å². The number of sulfone groups is 1. The summed E-state index contributed by atoms with van der Waals surface area (Å²) in [5.74, 6) is 0.575. The molecule has 1 fully saturated rings. The summed E-state index contributed by atoms with van der Waals surface area (Å²) in [5, 5.41) is 3.18. The Morgan fingerprint density at radius 2 is 1.63 bits per heavy atom. The molecule has 1 saturated heterocycles. The predicted molar refractivity (Wildman–Crippen MR) is 116 cm³/mol. The van der Waals surface area contributed by atoms with Crippen LogP contribution in [-0.2, 0) is 19.4 Å². The average molecular weight is 432 g/mol. The van der Waals surface area contributed by atoms with E-state index in [2.05, 4.69) is 5.32 Å². The molecule has 3 rings (SSSR count). The normalized spacial score (nSPS) is 16.1. The highest BCUT2D eigenvalue weighted by Crippen LogP contribution is 2.35. The topological polar surface area (TPSA) is 81.7 Å². The third-order valence-corrected chi connectivity index (χ3v) is 7.56. The number of piperidine rings is 1. The Kier molecular flexibility index (Phi) is 6.83. The molecule has 7 heteroatoms. The molecule has 0 atom stereocenters. The number of rotatable bonds is 7. The van der Waals surface area contributed by atoms with E-state index in [1.807, 2.05) is 32.0 Å². The van der Waals surface area contributed by atoms with E-state index in [1.165, 1.54) is 17.7 Å². The van der Waals surface area contributed by atoms with Crippen molar-refractivity contribution in [1.82, 2.24) is 5.32 Å². The van der Waals surface area contributed by atoms with Gasteiger partial charge in [0, 0.05) is 0 Å². The Morgan fingerprint density at radius 3 is 2.23 bits per heavy atom. The Bertz CT molecular complexity index is 993. The summed E-state index contributed by atoms with van der Waals surface area (Å²) in [7, 11) is -3.67. The van der Waals surface area contributed by atoms with Gasteiger partial charge in [-0.1, -0.05) is 6.07 Å². The lowest BCUT2D eigenvalue weighted by atomic mass is 9.81. The van der Waals surface area contributed by atoms with Gasteiger partial charge in [0.15, 0.2) is 9.84 Å². The number of carbonyl (C=O) groups excluding carboxylic acids is 1.